The SMILES string of the molecule is Cc1ccc(NC(=O)c2cc3c(C(F)(F)F)nn(C)c3s2)cc1C(=O)Nc1cnc(N)nc1. The fourth-order valence-electron chi connectivity index (χ4n) is 3.10. The molecule has 0 unspecified atom stereocenters. The average molecular weight is 475 g/mol. The fourth-order valence-corrected chi connectivity index (χ4v) is 4.07. The Morgan fingerprint density at radius 3 is 2.39 bits per heavy atom. The van der Waals surface area contributed by atoms with E-state index in [1.807, 2.05) is 0 Å². The van der Waals surface area contributed by atoms with Gasteiger partial charge in [0.25, 0.3) is 11.8 Å². The number of alkyl halides is 3. The molecule has 4 aromatic rings. The number of rotatable bonds is 4. The Bertz CT molecular complexity index is 1380. The first-order chi connectivity index (χ1) is 15.5. The molecule has 0 saturated carbocycles. The van der Waals surface area contributed by atoms with Crippen LogP contribution < -0.4 is 16.4 Å². The van der Waals surface area contributed by atoms with E-state index in [9.17, 15) is 22.8 Å². The number of aromatic nitrogens is 4. The molecule has 3 heterocycles. The summed E-state index contributed by atoms with van der Waals surface area (Å²) in [6, 6.07) is 5.86. The van der Waals surface area contributed by atoms with Crippen LogP contribution in [0.2, 0.25) is 0 Å². The molecule has 9 nitrogen and oxygen atoms in total. The number of anilines is 3. The van der Waals surface area contributed by atoms with Gasteiger partial charge in [0.1, 0.15) is 4.83 Å². The molecule has 0 saturated heterocycles. The summed E-state index contributed by atoms with van der Waals surface area (Å²) in [7, 11) is 1.38. The van der Waals surface area contributed by atoms with Crippen LogP contribution >= 0.6 is 11.3 Å². The Kier molecular flexibility index (Phi) is 5.49. The van der Waals surface area contributed by atoms with E-state index >= 15 is 0 Å². The summed E-state index contributed by atoms with van der Waals surface area (Å²) in [5.41, 5.74) is 5.94. The molecule has 0 aliphatic rings. The van der Waals surface area contributed by atoms with Crippen LogP contribution in [0.25, 0.3) is 10.2 Å². The van der Waals surface area contributed by atoms with Gasteiger partial charge in [-0.2, -0.15) is 18.3 Å². The molecule has 13 heteroatoms. The van der Waals surface area contributed by atoms with Crippen molar-refractivity contribution in [1.29, 1.82) is 0 Å². The molecule has 0 atom stereocenters. The van der Waals surface area contributed by atoms with Crippen molar-refractivity contribution in [2.75, 3.05) is 16.4 Å². The zero-order valence-corrected chi connectivity index (χ0v) is 18.0. The van der Waals surface area contributed by atoms with Crippen molar-refractivity contribution >= 4 is 50.7 Å². The highest BCUT2D eigenvalue weighted by molar-refractivity contribution is 7.20. The lowest BCUT2D eigenvalue weighted by molar-refractivity contribution is -0.140. The smallest absolute Gasteiger partial charge is 0.368 e. The number of nitrogens with one attached hydrogen (secondary N) is 2. The molecule has 0 aliphatic heterocycles. The average Bonchev–Trinajstić information content (AvgIpc) is 3.31. The minimum atomic E-state index is -4.64. The van der Waals surface area contributed by atoms with Crippen LogP contribution in [0.4, 0.5) is 30.5 Å². The molecule has 0 spiro atoms. The van der Waals surface area contributed by atoms with Crippen molar-refractivity contribution in [3.8, 4) is 0 Å². The molecule has 0 bridgehead atoms. The number of amides is 2. The number of nitrogens with two attached hydrogens (primary N) is 1. The van der Waals surface area contributed by atoms with Gasteiger partial charge in [-0.1, -0.05) is 6.07 Å². The highest BCUT2D eigenvalue weighted by Gasteiger charge is 2.37. The molecule has 1 aromatic carbocycles. The van der Waals surface area contributed by atoms with Crippen LogP contribution in [-0.4, -0.2) is 31.6 Å². The van der Waals surface area contributed by atoms with Gasteiger partial charge in [0, 0.05) is 23.7 Å². The standard InChI is InChI=1S/C20H16F3N7O2S/c1-9-3-4-10(5-12(9)16(31)28-11-7-25-19(24)26-8-11)27-17(32)14-6-13-15(20(21,22)23)29-30(2)18(13)33-14/h3-8H,1-2H3,(H,27,32)(H,28,31)(H2,24,25,26). The van der Waals surface area contributed by atoms with Gasteiger partial charge >= 0.3 is 6.18 Å². The number of hydrogen-bond donors (Lipinski definition) is 3. The first-order valence-corrected chi connectivity index (χ1v) is 10.2. The highest BCUT2D eigenvalue weighted by Crippen LogP contribution is 2.37. The third kappa shape index (κ3) is 4.48. The largest absolute Gasteiger partial charge is 0.435 e. The number of fused-ring (bicyclic) bond motifs is 1. The molecule has 4 N–H and O–H groups in total. The number of benzene rings is 1. The third-order valence-electron chi connectivity index (χ3n) is 4.67. The Labute approximate surface area is 188 Å². The second kappa shape index (κ2) is 8.16. The van der Waals surface area contributed by atoms with Crippen molar-refractivity contribution in [2.45, 2.75) is 13.1 Å². The summed E-state index contributed by atoms with van der Waals surface area (Å²) in [4.78, 5) is 33.3. The van der Waals surface area contributed by atoms with Crippen molar-refractivity contribution in [3.05, 3.63) is 58.4 Å². The maximum absolute atomic E-state index is 13.2. The number of nitrogen functional groups attached to an aromatic ring is 1. The Balaban J connectivity index is 1.56. The van der Waals surface area contributed by atoms with Gasteiger partial charge < -0.3 is 16.4 Å². The number of thiophene rings is 1. The molecule has 33 heavy (non-hydrogen) atoms. The number of aryl methyl sites for hydroxylation is 2. The van der Waals surface area contributed by atoms with Gasteiger partial charge in [-0.3, -0.25) is 14.3 Å². The molecule has 4 rings (SSSR count). The van der Waals surface area contributed by atoms with Crippen molar-refractivity contribution in [3.63, 3.8) is 0 Å². The minimum Gasteiger partial charge on any atom is -0.368 e. The number of nitrogens with zero attached hydrogens (tertiary/aromatic N) is 4. The lowest BCUT2D eigenvalue weighted by Crippen LogP contribution is -2.16. The summed E-state index contributed by atoms with van der Waals surface area (Å²) in [5.74, 6) is -1.00. The van der Waals surface area contributed by atoms with Gasteiger partial charge in [-0.05, 0) is 30.7 Å². The first-order valence-electron chi connectivity index (χ1n) is 9.37. The monoisotopic (exact) mass is 475 g/mol. The maximum Gasteiger partial charge on any atom is 0.435 e. The molecule has 0 aliphatic carbocycles. The number of halogens is 3. The molecule has 170 valence electrons. The predicted octanol–water partition coefficient (Wildman–Crippen LogP) is 3.84. The molecule has 2 amide bonds. The summed E-state index contributed by atoms with van der Waals surface area (Å²) >= 11 is 0.890. The summed E-state index contributed by atoms with van der Waals surface area (Å²) in [5, 5.41) is 8.60. The predicted molar refractivity (Wildman–Crippen MR) is 117 cm³/mol. The zero-order valence-electron chi connectivity index (χ0n) is 17.2. The molecule has 0 fully saturated rings. The topological polar surface area (TPSA) is 128 Å². The summed E-state index contributed by atoms with van der Waals surface area (Å²) in [6.07, 6.45) is -1.93. The highest BCUT2D eigenvalue weighted by atomic mass is 32.1. The van der Waals surface area contributed by atoms with E-state index in [1.54, 1.807) is 19.1 Å². The maximum atomic E-state index is 13.2. The van der Waals surface area contributed by atoms with Crippen LogP contribution in [0, 0.1) is 6.92 Å². The Morgan fingerprint density at radius 2 is 1.73 bits per heavy atom. The minimum absolute atomic E-state index is 0.0632. The van der Waals surface area contributed by atoms with Crippen LogP contribution in [0.1, 0.15) is 31.3 Å². The van der Waals surface area contributed by atoms with E-state index in [0.29, 0.717) is 16.9 Å². The van der Waals surface area contributed by atoms with E-state index < -0.39 is 23.7 Å². The van der Waals surface area contributed by atoms with Gasteiger partial charge in [0.2, 0.25) is 5.95 Å². The van der Waals surface area contributed by atoms with E-state index in [1.165, 1.54) is 25.5 Å². The van der Waals surface area contributed by atoms with E-state index in [4.69, 9.17) is 5.73 Å². The number of carbonyl (C=O) groups excluding carboxylic acids is 2. The van der Waals surface area contributed by atoms with Crippen LogP contribution in [0.15, 0.2) is 36.7 Å². The fraction of sp³-hybridized carbons (Fsp3) is 0.150. The normalized spacial score (nSPS) is 11.5. The molecule has 0 radical (unpaired) electrons. The van der Waals surface area contributed by atoms with Crippen molar-refractivity contribution in [2.24, 2.45) is 7.05 Å². The Hall–Kier alpha value is -4.00. The molecular formula is C20H16F3N7O2S. The Morgan fingerprint density at radius 1 is 1.06 bits per heavy atom. The zero-order chi connectivity index (χ0) is 23.9. The van der Waals surface area contributed by atoms with E-state index in [0.717, 1.165) is 22.1 Å². The third-order valence-corrected chi connectivity index (χ3v) is 5.87. The van der Waals surface area contributed by atoms with Crippen molar-refractivity contribution < 1.29 is 22.8 Å². The van der Waals surface area contributed by atoms with E-state index in [-0.39, 0.29) is 26.6 Å². The molecular weight excluding hydrogens is 459 g/mol. The van der Waals surface area contributed by atoms with Gasteiger partial charge in [0.15, 0.2) is 5.69 Å². The summed E-state index contributed by atoms with van der Waals surface area (Å²) < 4.78 is 40.7. The lowest BCUT2D eigenvalue weighted by atomic mass is 10.1. The van der Waals surface area contributed by atoms with Crippen LogP contribution in [0.3, 0.4) is 0 Å². The second-order valence-electron chi connectivity index (χ2n) is 7.07. The summed E-state index contributed by atoms with van der Waals surface area (Å²) in [6.45, 7) is 1.72. The van der Waals surface area contributed by atoms with E-state index in [2.05, 4.69) is 25.7 Å². The van der Waals surface area contributed by atoms with Crippen molar-refractivity contribution in [1.82, 2.24) is 19.7 Å². The van der Waals surface area contributed by atoms with Gasteiger partial charge in [-0.15, -0.1) is 11.3 Å². The second-order valence-corrected chi connectivity index (χ2v) is 8.10. The number of carbonyl (C=O) groups is 2. The number of hydrogen-bond acceptors (Lipinski definition) is 7. The quantitative estimate of drug-likeness (QED) is 0.412. The molecule has 3 aromatic heterocycles. The first kappa shape index (κ1) is 22.2. The van der Waals surface area contributed by atoms with Crippen LogP contribution in [-0.2, 0) is 13.2 Å². The van der Waals surface area contributed by atoms with Gasteiger partial charge in [-0.25, -0.2) is 9.97 Å². The van der Waals surface area contributed by atoms with Gasteiger partial charge in [0.05, 0.1) is 23.0 Å². The lowest BCUT2D eigenvalue weighted by Gasteiger charge is -2.10. The van der Waals surface area contributed by atoms with Crippen LogP contribution in [0.5, 0.6) is 0 Å².